The van der Waals surface area contributed by atoms with Gasteiger partial charge in [-0.3, -0.25) is 9.69 Å². The minimum atomic E-state index is -0.0188. The number of anilines is 1. The van der Waals surface area contributed by atoms with Gasteiger partial charge in [0.1, 0.15) is 0 Å². The van der Waals surface area contributed by atoms with Crippen LogP contribution >= 0.6 is 39.0 Å². The minimum absolute atomic E-state index is 0.0188. The Bertz CT molecular complexity index is 947. The molecule has 29 heavy (non-hydrogen) atoms. The molecule has 4 rings (SSSR count). The summed E-state index contributed by atoms with van der Waals surface area (Å²) < 4.78 is 6.79. The quantitative estimate of drug-likeness (QED) is 0.354. The number of hydrogen-bond acceptors (Lipinski definition) is 7. The Balaban J connectivity index is 1.51. The topological polar surface area (TPSA) is 68.2 Å². The smallest absolute Gasteiger partial charge is 0.239 e. The van der Waals surface area contributed by atoms with E-state index in [2.05, 4.69) is 25.9 Å². The Morgan fingerprint density at radius 1 is 1.28 bits per heavy atom. The number of rotatable bonds is 7. The number of carbonyl (C=O) groups is 1. The number of thioether (sulfide) groups is 1. The minimum Gasteiger partial charge on any atom is -0.376 e. The van der Waals surface area contributed by atoms with Crippen molar-refractivity contribution in [3.05, 3.63) is 52.6 Å². The number of carbonyl (C=O) groups excluding carboxylic acids is 1. The number of benzene rings is 1. The van der Waals surface area contributed by atoms with Gasteiger partial charge < -0.3 is 4.74 Å². The summed E-state index contributed by atoms with van der Waals surface area (Å²) in [4.78, 5) is 27.9. The van der Waals surface area contributed by atoms with Crippen LogP contribution in [0.4, 0.5) is 5.13 Å². The monoisotopic (exact) mass is 490 g/mol. The number of amides is 1. The van der Waals surface area contributed by atoms with Crippen molar-refractivity contribution >= 4 is 50.1 Å². The number of hydrogen-bond donors (Lipinski definition) is 0. The van der Waals surface area contributed by atoms with Gasteiger partial charge in [-0.25, -0.2) is 15.0 Å². The highest BCUT2D eigenvalue weighted by Crippen LogP contribution is 2.30. The summed E-state index contributed by atoms with van der Waals surface area (Å²) in [5.41, 5.74) is 1.88. The standard InChI is InChI=1S/C20H19BrN4O2S2/c21-15-6-4-14(5-7-15)17-12-29-20(24-17)25(11-16-3-1-10-27-16)18(26)13-28-19-22-8-2-9-23-19/h2,4-9,12,16H,1,3,10-11,13H2. The predicted molar refractivity (Wildman–Crippen MR) is 119 cm³/mol. The number of thiazole rings is 1. The van der Waals surface area contributed by atoms with Crippen LogP contribution < -0.4 is 4.90 Å². The Hall–Kier alpha value is -1.81. The fourth-order valence-electron chi connectivity index (χ4n) is 2.98. The fourth-order valence-corrected chi connectivity index (χ4v) is 4.79. The molecule has 3 heterocycles. The Morgan fingerprint density at radius 2 is 2.07 bits per heavy atom. The van der Waals surface area contributed by atoms with Crippen molar-refractivity contribution < 1.29 is 9.53 Å². The number of nitrogens with zero attached hydrogens (tertiary/aromatic N) is 4. The van der Waals surface area contributed by atoms with E-state index >= 15 is 0 Å². The van der Waals surface area contributed by atoms with Crippen molar-refractivity contribution in [2.75, 3.05) is 23.8 Å². The van der Waals surface area contributed by atoms with Gasteiger partial charge in [-0.2, -0.15) is 0 Å². The summed E-state index contributed by atoms with van der Waals surface area (Å²) in [5.74, 6) is 0.235. The molecule has 1 atom stereocenters. The normalized spacial score (nSPS) is 16.1. The largest absolute Gasteiger partial charge is 0.376 e. The van der Waals surface area contributed by atoms with Gasteiger partial charge >= 0.3 is 0 Å². The maximum absolute atomic E-state index is 13.0. The molecule has 1 aliphatic heterocycles. The average Bonchev–Trinajstić information content (AvgIpc) is 3.44. The van der Waals surface area contributed by atoms with Crippen LogP contribution in [-0.2, 0) is 9.53 Å². The van der Waals surface area contributed by atoms with Crippen LogP contribution in [0.5, 0.6) is 0 Å². The first-order valence-electron chi connectivity index (χ1n) is 9.22. The van der Waals surface area contributed by atoms with Crippen LogP contribution in [0.1, 0.15) is 12.8 Å². The van der Waals surface area contributed by atoms with Crippen molar-refractivity contribution in [1.29, 1.82) is 0 Å². The first-order valence-corrected chi connectivity index (χ1v) is 11.9. The third-order valence-corrected chi connectivity index (χ3v) is 6.69. The molecule has 1 amide bonds. The van der Waals surface area contributed by atoms with Gasteiger partial charge in [0.15, 0.2) is 10.3 Å². The summed E-state index contributed by atoms with van der Waals surface area (Å²) in [6.45, 7) is 1.27. The lowest BCUT2D eigenvalue weighted by atomic mass is 10.2. The van der Waals surface area contributed by atoms with Gasteiger partial charge in [0.25, 0.3) is 0 Å². The molecule has 9 heteroatoms. The zero-order valence-corrected chi connectivity index (χ0v) is 18.8. The van der Waals surface area contributed by atoms with Gasteiger partial charge in [0, 0.05) is 34.4 Å². The lowest BCUT2D eigenvalue weighted by molar-refractivity contribution is -0.116. The molecule has 0 radical (unpaired) electrons. The van der Waals surface area contributed by atoms with E-state index < -0.39 is 0 Å². The van der Waals surface area contributed by atoms with E-state index in [4.69, 9.17) is 9.72 Å². The Morgan fingerprint density at radius 3 is 2.79 bits per heavy atom. The molecule has 1 unspecified atom stereocenters. The molecular weight excluding hydrogens is 472 g/mol. The molecule has 0 spiro atoms. The number of ether oxygens (including phenoxy) is 1. The maximum atomic E-state index is 13.0. The lowest BCUT2D eigenvalue weighted by Crippen LogP contribution is -2.38. The van der Waals surface area contributed by atoms with Crippen molar-refractivity contribution in [1.82, 2.24) is 15.0 Å². The Labute approximate surface area is 185 Å². The SMILES string of the molecule is O=C(CSc1ncccn1)N(CC1CCCO1)c1nc(-c2ccc(Br)cc2)cs1. The molecule has 0 saturated carbocycles. The molecule has 1 fully saturated rings. The van der Waals surface area contributed by atoms with Gasteiger partial charge in [-0.05, 0) is 31.0 Å². The van der Waals surface area contributed by atoms with Crippen molar-refractivity contribution in [3.8, 4) is 11.3 Å². The predicted octanol–water partition coefficient (Wildman–Crippen LogP) is 4.67. The maximum Gasteiger partial charge on any atom is 0.239 e. The zero-order valence-electron chi connectivity index (χ0n) is 15.5. The van der Waals surface area contributed by atoms with Gasteiger partial charge in [0.2, 0.25) is 5.91 Å². The van der Waals surface area contributed by atoms with E-state index in [0.29, 0.717) is 16.8 Å². The molecule has 150 valence electrons. The summed E-state index contributed by atoms with van der Waals surface area (Å²) in [6.07, 6.45) is 5.40. The number of aromatic nitrogens is 3. The van der Waals surface area contributed by atoms with E-state index in [0.717, 1.165) is 35.2 Å². The molecule has 2 aromatic heterocycles. The summed E-state index contributed by atoms with van der Waals surface area (Å²) in [7, 11) is 0. The van der Waals surface area contributed by atoms with Gasteiger partial charge in [-0.1, -0.05) is 39.8 Å². The van der Waals surface area contributed by atoms with Crippen molar-refractivity contribution in [2.45, 2.75) is 24.1 Å². The van der Waals surface area contributed by atoms with Crippen LogP contribution in [0.2, 0.25) is 0 Å². The molecular formula is C20H19BrN4O2S2. The molecule has 6 nitrogen and oxygen atoms in total. The zero-order chi connectivity index (χ0) is 20.1. The fraction of sp³-hybridized carbons (Fsp3) is 0.300. The third-order valence-electron chi connectivity index (χ3n) is 4.44. The molecule has 0 bridgehead atoms. The van der Waals surface area contributed by atoms with E-state index in [9.17, 15) is 4.79 Å². The molecule has 0 aliphatic carbocycles. The molecule has 0 N–H and O–H groups in total. The first-order chi connectivity index (χ1) is 14.2. The van der Waals surface area contributed by atoms with Crippen LogP contribution in [0.3, 0.4) is 0 Å². The van der Waals surface area contributed by atoms with Crippen molar-refractivity contribution in [3.63, 3.8) is 0 Å². The second-order valence-corrected chi connectivity index (χ2v) is 9.18. The van der Waals surface area contributed by atoms with Crippen LogP contribution in [0.15, 0.2) is 57.7 Å². The number of halogens is 1. The van der Waals surface area contributed by atoms with Gasteiger partial charge in [-0.15, -0.1) is 11.3 Å². The Kier molecular flexibility index (Phi) is 6.91. The van der Waals surface area contributed by atoms with Gasteiger partial charge in [0.05, 0.1) is 24.1 Å². The van der Waals surface area contributed by atoms with Crippen molar-refractivity contribution in [2.24, 2.45) is 0 Å². The van der Waals surface area contributed by atoms with E-state index in [1.807, 2.05) is 29.6 Å². The molecule has 3 aromatic rings. The second-order valence-electron chi connectivity index (χ2n) is 6.48. The highest BCUT2D eigenvalue weighted by molar-refractivity contribution is 9.10. The van der Waals surface area contributed by atoms with Crippen LogP contribution in [0.25, 0.3) is 11.3 Å². The lowest BCUT2D eigenvalue weighted by Gasteiger charge is -2.22. The summed E-state index contributed by atoms with van der Waals surface area (Å²) in [6, 6.07) is 9.75. The third kappa shape index (κ3) is 5.42. The van der Waals surface area contributed by atoms with E-state index in [1.54, 1.807) is 23.4 Å². The molecule has 1 aliphatic rings. The first kappa shape index (κ1) is 20.5. The molecule has 1 aromatic carbocycles. The average molecular weight is 491 g/mol. The molecule has 1 saturated heterocycles. The van der Waals surface area contributed by atoms with Crippen LogP contribution in [-0.4, -0.2) is 45.9 Å². The van der Waals surface area contributed by atoms with Crippen LogP contribution in [0, 0.1) is 0 Å². The summed E-state index contributed by atoms with van der Waals surface area (Å²) >= 11 is 6.26. The highest BCUT2D eigenvalue weighted by atomic mass is 79.9. The second kappa shape index (κ2) is 9.80. The van der Waals surface area contributed by atoms with E-state index in [-0.39, 0.29) is 17.8 Å². The van der Waals surface area contributed by atoms with E-state index in [1.165, 1.54) is 23.1 Å². The highest BCUT2D eigenvalue weighted by Gasteiger charge is 2.26. The summed E-state index contributed by atoms with van der Waals surface area (Å²) in [5, 5.41) is 3.27.